The molecule has 1 aromatic carbocycles. The van der Waals surface area contributed by atoms with Crippen molar-refractivity contribution < 1.29 is 22.7 Å². The molecule has 3 nitrogen and oxygen atoms in total. The van der Waals surface area contributed by atoms with Gasteiger partial charge >= 0.3 is 0 Å². The van der Waals surface area contributed by atoms with E-state index in [2.05, 4.69) is 4.37 Å². The molecule has 0 radical (unpaired) electrons. The van der Waals surface area contributed by atoms with Crippen molar-refractivity contribution >= 4 is 17.3 Å². The van der Waals surface area contributed by atoms with E-state index in [-0.39, 0.29) is 17.6 Å². The first-order valence-electron chi connectivity index (χ1n) is 7.17. The van der Waals surface area contributed by atoms with Crippen LogP contribution in [0.1, 0.15) is 42.7 Å². The van der Waals surface area contributed by atoms with Gasteiger partial charge < -0.3 is 4.74 Å². The van der Waals surface area contributed by atoms with E-state index in [9.17, 15) is 18.0 Å². The molecule has 0 fully saturated rings. The topological polar surface area (TPSA) is 39.2 Å². The Morgan fingerprint density at radius 2 is 1.96 bits per heavy atom. The minimum Gasteiger partial charge on any atom is -0.490 e. The third kappa shape index (κ3) is 4.31. The summed E-state index contributed by atoms with van der Waals surface area (Å²) in [5.41, 5.74) is 1.28. The summed E-state index contributed by atoms with van der Waals surface area (Å²) >= 11 is 1.21. The zero-order chi connectivity index (χ0) is 17.0. The Labute approximate surface area is 136 Å². The lowest BCUT2D eigenvalue weighted by Gasteiger charge is -2.17. The lowest BCUT2D eigenvalue weighted by Crippen LogP contribution is -2.17. The fraction of sp³-hybridized carbons (Fsp3) is 0.375. The van der Waals surface area contributed by atoms with Crippen molar-refractivity contribution in [3.8, 4) is 5.75 Å². The smallest absolute Gasteiger partial charge is 0.194 e. The number of nitrogens with zero attached hydrogens (tertiary/aromatic N) is 1. The molecule has 2 rings (SSSR count). The molecule has 1 aromatic heterocycles. The van der Waals surface area contributed by atoms with E-state index in [0.29, 0.717) is 25.0 Å². The molecular formula is C16H16F3NO2S. The molecule has 1 unspecified atom stereocenters. The molecule has 1 atom stereocenters. The van der Waals surface area contributed by atoms with Crippen molar-refractivity contribution in [1.82, 2.24) is 4.37 Å². The second-order valence-corrected chi connectivity index (χ2v) is 5.76. The first-order chi connectivity index (χ1) is 10.9. The Morgan fingerprint density at radius 3 is 2.52 bits per heavy atom. The summed E-state index contributed by atoms with van der Waals surface area (Å²) in [6.45, 7) is 3.33. The molecule has 0 aliphatic heterocycles. The van der Waals surface area contributed by atoms with Crippen molar-refractivity contribution in [2.45, 2.75) is 39.2 Å². The number of ether oxygens (including phenoxy) is 1. The fourth-order valence-electron chi connectivity index (χ4n) is 2.18. The van der Waals surface area contributed by atoms with E-state index in [4.69, 9.17) is 4.74 Å². The predicted molar refractivity (Wildman–Crippen MR) is 81.5 cm³/mol. The molecule has 0 aliphatic carbocycles. The van der Waals surface area contributed by atoms with E-state index in [1.807, 2.05) is 6.92 Å². The van der Waals surface area contributed by atoms with Gasteiger partial charge in [-0.15, -0.1) is 0 Å². The lowest BCUT2D eigenvalue weighted by molar-refractivity contribution is 0.101. The fourth-order valence-corrected chi connectivity index (χ4v) is 2.94. The summed E-state index contributed by atoms with van der Waals surface area (Å²) in [4.78, 5) is 11.4. The van der Waals surface area contributed by atoms with Gasteiger partial charge in [0, 0.05) is 24.4 Å². The molecule has 0 aliphatic rings. The molecule has 2 aromatic rings. The van der Waals surface area contributed by atoms with Gasteiger partial charge in [-0.25, -0.2) is 13.2 Å². The van der Waals surface area contributed by atoms with Gasteiger partial charge in [0.1, 0.15) is 11.4 Å². The summed E-state index contributed by atoms with van der Waals surface area (Å²) in [6.07, 6.45) is 1.42. The Kier molecular flexibility index (Phi) is 5.76. The third-order valence-electron chi connectivity index (χ3n) is 3.43. The zero-order valence-corrected chi connectivity index (χ0v) is 13.6. The lowest BCUT2D eigenvalue weighted by atomic mass is 10.0. The van der Waals surface area contributed by atoms with Crippen LogP contribution in [0, 0.1) is 17.5 Å². The van der Waals surface area contributed by atoms with Crippen LogP contribution in [0.15, 0.2) is 17.5 Å². The largest absolute Gasteiger partial charge is 0.490 e. The summed E-state index contributed by atoms with van der Waals surface area (Å²) in [5, 5.41) is 1.81. The molecule has 0 bridgehead atoms. The second-order valence-electron chi connectivity index (χ2n) is 5.13. The standard InChI is InChI=1S/C16H16F3NO2S/c1-3-11(5-4-10-8-23-20-16(10)9(2)21)22-12-6-13(17)15(19)14(18)7-12/h6-8,11H,3-5H2,1-2H3. The van der Waals surface area contributed by atoms with Gasteiger partial charge in [0.25, 0.3) is 0 Å². The maximum absolute atomic E-state index is 13.2. The average molecular weight is 343 g/mol. The van der Waals surface area contributed by atoms with Crippen LogP contribution >= 0.6 is 11.5 Å². The predicted octanol–water partition coefficient (Wildman–Crippen LogP) is 4.55. The van der Waals surface area contributed by atoms with Crippen LogP contribution < -0.4 is 4.74 Å². The van der Waals surface area contributed by atoms with Gasteiger partial charge in [0.2, 0.25) is 0 Å². The molecule has 23 heavy (non-hydrogen) atoms. The van der Waals surface area contributed by atoms with Crippen LogP contribution in [0.5, 0.6) is 5.75 Å². The molecule has 1 heterocycles. The van der Waals surface area contributed by atoms with Gasteiger partial charge in [0.15, 0.2) is 23.2 Å². The van der Waals surface area contributed by atoms with E-state index in [0.717, 1.165) is 17.7 Å². The first-order valence-corrected chi connectivity index (χ1v) is 8.01. The number of aryl methyl sites for hydroxylation is 1. The van der Waals surface area contributed by atoms with Gasteiger partial charge in [-0.05, 0) is 36.4 Å². The summed E-state index contributed by atoms with van der Waals surface area (Å²) in [7, 11) is 0. The maximum Gasteiger partial charge on any atom is 0.194 e. The minimum atomic E-state index is -1.51. The number of benzene rings is 1. The van der Waals surface area contributed by atoms with E-state index in [1.54, 1.807) is 5.38 Å². The van der Waals surface area contributed by atoms with Crippen molar-refractivity contribution in [2.24, 2.45) is 0 Å². The highest BCUT2D eigenvalue weighted by Gasteiger charge is 2.16. The van der Waals surface area contributed by atoms with E-state index >= 15 is 0 Å². The minimum absolute atomic E-state index is 0.0523. The molecule has 0 saturated heterocycles. The Hall–Kier alpha value is -1.89. The monoisotopic (exact) mass is 343 g/mol. The summed E-state index contributed by atoms with van der Waals surface area (Å²) < 4.78 is 48.9. The van der Waals surface area contributed by atoms with Crippen LogP contribution in [-0.4, -0.2) is 16.3 Å². The Bertz CT molecular complexity index is 679. The van der Waals surface area contributed by atoms with Crippen LogP contribution in [0.3, 0.4) is 0 Å². The van der Waals surface area contributed by atoms with Crippen molar-refractivity contribution in [3.63, 3.8) is 0 Å². The van der Waals surface area contributed by atoms with Crippen molar-refractivity contribution in [3.05, 3.63) is 46.2 Å². The quantitative estimate of drug-likeness (QED) is 0.547. The van der Waals surface area contributed by atoms with E-state index < -0.39 is 17.5 Å². The Morgan fingerprint density at radius 1 is 1.30 bits per heavy atom. The van der Waals surface area contributed by atoms with E-state index in [1.165, 1.54) is 18.5 Å². The molecule has 0 N–H and O–H groups in total. The molecule has 7 heteroatoms. The number of carbonyl (C=O) groups is 1. The van der Waals surface area contributed by atoms with Crippen LogP contribution in [0.25, 0.3) is 0 Å². The second kappa shape index (κ2) is 7.59. The highest BCUT2D eigenvalue weighted by Crippen LogP contribution is 2.23. The highest BCUT2D eigenvalue weighted by molar-refractivity contribution is 7.03. The van der Waals surface area contributed by atoms with Gasteiger partial charge in [-0.3, -0.25) is 4.79 Å². The zero-order valence-electron chi connectivity index (χ0n) is 12.7. The average Bonchev–Trinajstić information content (AvgIpc) is 2.97. The molecule has 0 amide bonds. The number of ketones is 1. The van der Waals surface area contributed by atoms with Crippen LogP contribution in [-0.2, 0) is 6.42 Å². The Balaban J connectivity index is 2.03. The SMILES string of the molecule is CCC(CCc1csnc1C(C)=O)Oc1cc(F)c(F)c(F)c1. The first kappa shape index (κ1) is 17.5. The number of hydrogen-bond acceptors (Lipinski definition) is 4. The van der Waals surface area contributed by atoms with Crippen LogP contribution in [0.2, 0.25) is 0 Å². The number of rotatable bonds is 7. The summed E-state index contributed by atoms with van der Waals surface area (Å²) in [5.74, 6) is -4.23. The number of Topliss-reactive ketones (excluding diaryl/α,β-unsaturated/α-hetero) is 1. The maximum atomic E-state index is 13.2. The molecule has 0 saturated carbocycles. The third-order valence-corrected chi connectivity index (χ3v) is 4.11. The normalized spacial score (nSPS) is 12.2. The number of aromatic nitrogens is 1. The number of hydrogen-bond donors (Lipinski definition) is 0. The molecular weight excluding hydrogens is 327 g/mol. The number of halogens is 3. The van der Waals surface area contributed by atoms with Gasteiger partial charge in [-0.2, -0.15) is 4.37 Å². The summed E-state index contributed by atoms with van der Waals surface area (Å²) in [6, 6.07) is 1.66. The molecule has 0 spiro atoms. The van der Waals surface area contributed by atoms with Gasteiger partial charge in [0.05, 0.1) is 6.10 Å². The van der Waals surface area contributed by atoms with Crippen molar-refractivity contribution in [1.29, 1.82) is 0 Å². The number of carbonyl (C=O) groups excluding carboxylic acids is 1. The van der Waals surface area contributed by atoms with Gasteiger partial charge in [-0.1, -0.05) is 6.92 Å². The van der Waals surface area contributed by atoms with Crippen LogP contribution in [0.4, 0.5) is 13.2 Å². The van der Waals surface area contributed by atoms with Crippen molar-refractivity contribution in [2.75, 3.05) is 0 Å². The molecule has 124 valence electrons. The highest BCUT2D eigenvalue weighted by atomic mass is 32.1.